The number of carbonyl (C=O) groups is 1. The van der Waals surface area contributed by atoms with E-state index in [0.29, 0.717) is 0 Å². The highest BCUT2D eigenvalue weighted by Crippen LogP contribution is 2.22. The summed E-state index contributed by atoms with van der Waals surface area (Å²) in [5, 5.41) is 3.99. The zero-order valence-electron chi connectivity index (χ0n) is 15.8. The SMILES string of the molecule is O=C(NCCCN1CCCCC1)C1CCN(Cc2ccccc2Cl)CC1. The summed E-state index contributed by atoms with van der Waals surface area (Å²) in [6.07, 6.45) is 7.00. The molecule has 2 heterocycles. The molecular weight excluding hydrogens is 346 g/mol. The van der Waals surface area contributed by atoms with Crippen molar-refractivity contribution < 1.29 is 4.79 Å². The molecule has 3 rings (SSSR count). The Labute approximate surface area is 162 Å². The number of hydrogen-bond acceptors (Lipinski definition) is 3. The highest BCUT2D eigenvalue weighted by Gasteiger charge is 2.25. The van der Waals surface area contributed by atoms with Crippen LogP contribution in [0.3, 0.4) is 0 Å². The second-order valence-electron chi connectivity index (χ2n) is 7.69. The van der Waals surface area contributed by atoms with Crippen LogP contribution in [0.25, 0.3) is 0 Å². The number of hydrogen-bond donors (Lipinski definition) is 1. The molecule has 5 heteroatoms. The van der Waals surface area contributed by atoms with Gasteiger partial charge in [0.2, 0.25) is 5.91 Å². The molecule has 26 heavy (non-hydrogen) atoms. The first-order valence-electron chi connectivity index (χ1n) is 10.2. The third kappa shape index (κ3) is 5.97. The molecule has 2 saturated heterocycles. The molecule has 1 aromatic carbocycles. The van der Waals surface area contributed by atoms with Crippen molar-refractivity contribution >= 4 is 17.5 Å². The molecule has 2 aliphatic rings. The van der Waals surface area contributed by atoms with E-state index in [1.165, 1.54) is 37.9 Å². The number of nitrogens with zero attached hydrogens (tertiary/aromatic N) is 2. The maximum absolute atomic E-state index is 12.4. The van der Waals surface area contributed by atoms with Gasteiger partial charge in [0.25, 0.3) is 0 Å². The van der Waals surface area contributed by atoms with Crippen molar-refractivity contribution in [3.63, 3.8) is 0 Å². The lowest BCUT2D eigenvalue weighted by molar-refractivity contribution is -0.126. The summed E-state index contributed by atoms with van der Waals surface area (Å²) in [6.45, 7) is 7.22. The van der Waals surface area contributed by atoms with Crippen LogP contribution >= 0.6 is 11.6 Å². The van der Waals surface area contributed by atoms with Crippen LogP contribution in [0.1, 0.15) is 44.1 Å². The molecule has 2 fully saturated rings. The van der Waals surface area contributed by atoms with Crippen molar-refractivity contribution in [1.82, 2.24) is 15.1 Å². The molecule has 0 saturated carbocycles. The van der Waals surface area contributed by atoms with Crippen LogP contribution in [0.2, 0.25) is 5.02 Å². The molecule has 2 aliphatic heterocycles. The Morgan fingerprint density at radius 2 is 1.77 bits per heavy atom. The second kappa shape index (κ2) is 10.3. The zero-order valence-corrected chi connectivity index (χ0v) is 16.5. The van der Waals surface area contributed by atoms with Gasteiger partial charge in [-0.2, -0.15) is 0 Å². The summed E-state index contributed by atoms with van der Waals surface area (Å²) in [5.41, 5.74) is 1.18. The fourth-order valence-corrected chi connectivity index (χ4v) is 4.26. The summed E-state index contributed by atoms with van der Waals surface area (Å²) < 4.78 is 0. The van der Waals surface area contributed by atoms with Crippen LogP contribution in [0.5, 0.6) is 0 Å². The van der Waals surface area contributed by atoms with E-state index in [2.05, 4.69) is 21.2 Å². The number of piperidine rings is 2. The van der Waals surface area contributed by atoms with Gasteiger partial charge in [-0.15, -0.1) is 0 Å². The van der Waals surface area contributed by atoms with Crippen LogP contribution in [0.4, 0.5) is 0 Å². The second-order valence-corrected chi connectivity index (χ2v) is 8.10. The third-order valence-corrected chi connectivity index (χ3v) is 6.08. The number of amides is 1. The van der Waals surface area contributed by atoms with Gasteiger partial charge in [-0.3, -0.25) is 9.69 Å². The monoisotopic (exact) mass is 377 g/mol. The van der Waals surface area contributed by atoms with E-state index < -0.39 is 0 Å². The van der Waals surface area contributed by atoms with E-state index >= 15 is 0 Å². The van der Waals surface area contributed by atoms with E-state index in [4.69, 9.17) is 11.6 Å². The van der Waals surface area contributed by atoms with Crippen molar-refractivity contribution in [3.8, 4) is 0 Å². The average molecular weight is 378 g/mol. The molecule has 1 aromatic rings. The van der Waals surface area contributed by atoms with Gasteiger partial charge in [-0.05, 0) is 76.5 Å². The molecule has 0 radical (unpaired) electrons. The number of likely N-dealkylation sites (tertiary alicyclic amines) is 2. The standard InChI is InChI=1S/C21H32ClN3O/c22-20-8-3-2-7-19(20)17-25-15-9-18(10-16-25)21(26)23-11-6-14-24-12-4-1-5-13-24/h2-3,7-8,18H,1,4-6,9-17H2,(H,23,26). The molecule has 0 unspecified atom stereocenters. The smallest absolute Gasteiger partial charge is 0.223 e. The Balaban J connectivity index is 1.31. The lowest BCUT2D eigenvalue weighted by Crippen LogP contribution is -2.41. The number of carbonyl (C=O) groups excluding carboxylic acids is 1. The van der Waals surface area contributed by atoms with E-state index in [1.807, 2.05) is 18.2 Å². The molecule has 1 N–H and O–H groups in total. The van der Waals surface area contributed by atoms with Gasteiger partial charge >= 0.3 is 0 Å². The number of halogens is 1. The third-order valence-electron chi connectivity index (χ3n) is 5.71. The van der Waals surface area contributed by atoms with Gasteiger partial charge in [0, 0.05) is 24.0 Å². The summed E-state index contributed by atoms with van der Waals surface area (Å²) in [7, 11) is 0. The normalized spacial score (nSPS) is 20.2. The van der Waals surface area contributed by atoms with Gasteiger partial charge in [-0.1, -0.05) is 36.2 Å². The van der Waals surface area contributed by atoms with Gasteiger partial charge in [0.1, 0.15) is 0 Å². The molecule has 4 nitrogen and oxygen atoms in total. The van der Waals surface area contributed by atoms with Crippen LogP contribution in [0.15, 0.2) is 24.3 Å². The molecule has 0 spiro atoms. The topological polar surface area (TPSA) is 35.6 Å². The first-order chi connectivity index (χ1) is 12.7. The maximum Gasteiger partial charge on any atom is 0.223 e. The highest BCUT2D eigenvalue weighted by atomic mass is 35.5. The van der Waals surface area contributed by atoms with Crippen molar-refractivity contribution in [2.24, 2.45) is 5.92 Å². The first-order valence-corrected chi connectivity index (χ1v) is 10.6. The number of rotatable bonds is 7. The van der Waals surface area contributed by atoms with Crippen LogP contribution in [-0.4, -0.2) is 55.0 Å². The fraction of sp³-hybridized carbons (Fsp3) is 0.667. The summed E-state index contributed by atoms with van der Waals surface area (Å²) in [4.78, 5) is 17.3. The predicted molar refractivity (Wildman–Crippen MR) is 107 cm³/mol. The minimum atomic E-state index is 0.174. The van der Waals surface area contributed by atoms with Gasteiger partial charge in [-0.25, -0.2) is 0 Å². The Bertz CT molecular complexity index is 566. The molecule has 144 valence electrons. The van der Waals surface area contributed by atoms with Crippen molar-refractivity contribution in [2.45, 2.75) is 45.1 Å². The predicted octanol–water partition coefficient (Wildman–Crippen LogP) is 3.54. The lowest BCUT2D eigenvalue weighted by Gasteiger charge is -2.31. The highest BCUT2D eigenvalue weighted by molar-refractivity contribution is 6.31. The van der Waals surface area contributed by atoms with Crippen molar-refractivity contribution in [3.05, 3.63) is 34.9 Å². The molecule has 0 aromatic heterocycles. The van der Waals surface area contributed by atoms with Crippen LogP contribution in [0, 0.1) is 5.92 Å². The minimum absolute atomic E-state index is 0.174. The Morgan fingerprint density at radius 3 is 2.50 bits per heavy atom. The van der Waals surface area contributed by atoms with E-state index in [1.54, 1.807) is 0 Å². The van der Waals surface area contributed by atoms with Gasteiger partial charge in [0.15, 0.2) is 0 Å². The Morgan fingerprint density at radius 1 is 1.04 bits per heavy atom. The Hall–Kier alpha value is -1.10. The maximum atomic E-state index is 12.4. The fourth-order valence-electron chi connectivity index (χ4n) is 4.06. The molecule has 0 atom stereocenters. The first kappa shape index (κ1) is 19.7. The van der Waals surface area contributed by atoms with Crippen molar-refractivity contribution in [1.29, 1.82) is 0 Å². The van der Waals surface area contributed by atoms with E-state index in [-0.39, 0.29) is 11.8 Å². The summed E-state index contributed by atoms with van der Waals surface area (Å²) >= 11 is 6.26. The Kier molecular flexibility index (Phi) is 7.78. The summed E-state index contributed by atoms with van der Waals surface area (Å²) in [5.74, 6) is 0.425. The molecule has 0 aliphatic carbocycles. The van der Waals surface area contributed by atoms with Crippen LogP contribution < -0.4 is 5.32 Å². The van der Waals surface area contributed by atoms with Gasteiger partial charge in [0.05, 0.1) is 0 Å². The van der Waals surface area contributed by atoms with E-state index in [9.17, 15) is 4.79 Å². The quantitative estimate of drug-likeness (QED) is 0.738. The van der Waals surface area contributed by atoms with Gasteiger partial charge < -0.3 is 10.2 Å². The van der Waals surface area contributed by atoms with Crippen LogP contribution in [-0.2, 0) is 11.3 Å². The minimum Gasteiger partial charge on any atom is -0.356 e. The number of benzene rings is 1. The molecule has 0 bridgehead atoms. The molecule has 1 amide bonds. The average Bonchev–Trinajstić information content (AvgIpc) is 2.68. The lowest BCUT2D eigenvalue weighted by atomic mass is 9.95. The summed E-state index contributed by atoms with van der Waals surface area (Å²) in [6, 6.07) is 8.03. The number of nitrogens with one attached hydrogen (secondary N) is 1. The van der Waals surface area contributed by atoms with E-state index in [0.717, 1.165) is 57.0 Å². The largest absolute Gasteiger partial charge is 0.356 e. The molecular formula is C21H32ClN3O. The van der Waals surface area contributed by atoms with Crippen molar-refractivity contribution in [2.75, 3.05) is 39.3 Å². The zero-order chi connectivity index (χ0) is 18.2.